The van der Waals surface area contributed by atoms with Crippen molar-refractivity contribution in [2.24, 2.45) is 0 Å². The summed E-state index contributed by atoms with van der Waals surface area (Å²) in [4.78, 5) is 19.9. The normalized spacial score (nSPS) is 13.3. The SMILES string of the molecule is FC1(F)c2ccccc2N(c2ccccn2)c2cc(-c3cccc4c3nc(-c3cccc5c3[nH]c3cccc(-c6ccncc6)c35)n4-c3ccccc3)ccc21. The van der Waals surface area contributed by atoms with E-state index in [-0.39, 0.29) is 11.1 Å². The maximum Gasteiger partial charge on any atom is 0.302 e. The second-order valence-electron chi connectivity index (χ2n) is 13.9. The Morgan fingerprint density at radius 2 is 1.32 bits per heavy atom. The molecule has 5 heterocycles. The first-order valence-electron chi connectivity index (χ1n) is 18.4. The quantitative estimate of drug-likeness (QED) is 0.192. The molecule has 1 aliphatic heterocycles. The summed E-state index contributed by atoms with van der Waals surface area (Å²) >= 11 is 0. The third-order valence-electron chi connectivity index (χ3n) is 10.8. The van der Waals surface area contributed by atoms with Crippen LogP contribution in [0.2, 0.25) is 0 Å². The summed E-state index contributed by atoms with van der Waals surface area (Å²) in [7, 11) is 0. The van der Waals surface area contributed by atoms with Gasteiger partial charge >= 0.3 is 5.92 Å². The number of aromatic amines is 1. The lowest BCUT2D eigenvalue weighted by Crippen LogP contribution is -2.29. The van der Waals surface area contributed by atoms with Crippen LogP contribution >= 0.6 is 0 Å². The summed E-state index contributed by atoms with van der Waals surface area (Å²) in [6.45, 7) is 0. The fourth-order valence-corrected chi connectivity index (χ4v) is 8.38. The van der Waals surface area contributed by atoms with Crippen molar-refractivity contribution in [3.05, 3.63) is 187 Å². The largest absolute Gasteiger partial charge is 0.354 e. The number of aromatic nitrogens is 5. The third-order valence-corrected chi connectivity index (χ3v) is 10.8. The lowest BCUT2D eigenvalue weighted by Gasteiger charge is -2.37. The lowest BCUT2D eigenvalue weighted by molar-refractivity contribution is 0.0424. The second-order valence-corrected chi connectivity index (χ2v) is 13.9. The van der Waals surface area contributed by atoms with Crippen molar-refractivity contribution >= 4 is 50.0 Å². The molecule has 0 aliphatic carbocycles. The van der Waals surface area contributed by atoms with E-state index in [0.29, 0.717) is 17.2 Å². The van der Waals surface area contributed by atoms with Gasteiger partial charge in [-0.2, -0.15) is 8.78 Å². The molecule has 6 nitrogen and oxygen atoms in total. The molecule has 266 valence electrons. The van der Waals surface area contributed by atoms with Gasteiger partial charge in [-0.3, -0.25) is 14.5 Å². The minimum atomic E-state index is -3.21. The first-order chi connectivity index (χ1) is 27.6. The van der Waals surface area contributed by atoms with Gasteiger partial charge in [-0.25, -0.2) is 9.97 Å². The van der Waals surface area contributed by atoms with Gasteiger partial charge < -0.3 is 4.98 Å². The van der Waals surface area contributed by atoms with E-state index in [4.69, 9.17) is 4.98 Å². The second kappa shape index (κ2) is 12.3. The van der Waals surface area contributed by atoms with Crippen LogP contribution in [0.15, 0.2) is 176 Å². The number of hydrogen-bond acceptors (Lipinski definition) is 4. The Hall–Kier alpha value is -7.45. The van der Waals surface area contributed by atoms with E-state index in [2.05, 4.69) is 74.1 Å². The van der Waals surface area contributed by atoms with E-state index in [1.807, 2.05) is 84.0 Å². The van der Waals surface area contributed by atoms with Crippen LogP contribution in [-0.4, -0.2) is 24.5 Å². The van der Waals surface area contributed by atoms with E-state index in [1.54, 1.807) is 36.5 Å². The molecule has 0 amide bonds. The van der Waals surface area contributed by atoms with Crippen LogP contribution in [0.3, 0.4) is 0 Å². The van der Waals surface area contributed by atoms with Crippen LogP contribution in [0, 0.1) is 0 Å². The molecule has 0 saturated heterocycles. The molecule has 8 heteroatoms. The van der Waals surface area contributed by atoms with E-state index < -0.39 is 5.92 Å². The molecule has 0 saturated carbocycles. The summed E-state index contributed by atoms with van der Waals surface area (Å²) in [6, 6.07) is 50.4. The summed E-state index contributed by atoms with van der Waals surface area (Å²) in [5, 5.41) is 2.21. The van der Waals surface area contributed by atoms with Gasteiger partial charge in [-0.1, -0.05) is 84.9 Å². The number of H-pyrrole nitrogens is 1. The van der Waals surface area contributed by atoms with E-state index in [9.17, 15) is 0 Å². The molecule has 0 spiro atoms. The Bertz CT molecular complexity index is 3120. The van der Waals surface area contributed by atoms with E-state index in [0.717, 1.165) is 72.2 Å². The molecule has 1 aliphatic rings. The first-order valence-corrected chi connectivity index (χ1v) is 18.4. The minimum Gasteiger partial charge on any atom is -0.354 e. The standard InChI is InChI=1S/C48H30F2N6/c49-48(50)37-17-4-5-19-40(37)56(43-21-6-7-26-52-43)42-29-31(22-23-38(42)48)34-14-10-20-41-46(34)54-47(55(41)32-11-2-1-3-12-32)36-16-8-15-35-44-33(30-24-27-51-28-25-30)13-9-18-39(44)53-45(35)36/h1-29,53H. The highest BCUT2D eigenvalue weighted by atomic mass is 19.3. The molecule has 0 bridgehead atoms. The predicted octanol–water partition coefficient (Wildman–Crippen LogP) is 12.4. The van der Waals surface area contributed by atoms with Gasteiger partial charge in [0.15, 0.2) is 0 Å². The summed E-state index contributed by atoms with van der Waals surface area (Å²) in [6.07, 6.45) is 5.31. The number of pyridine rings is 2. The average Bonchev–Trinajstić information content (AvgIpc) is 3.84. The Balaban J connectivity index is 1.15. The van der Waals surface area contributed by atoms with Crippen LogP contribution in [0.4, 0.5) is 26.0 Å². The molecule has 6 aromatic carbocycles. The third kappa shape index (κ3) is 4.75. The van der Waals surface area contributed by atoms with Crippen molar-refractivity contribution in [3.8, 4) is 39.3 Å². The number of imidazole rings is 1. The number of hydrogen-bond donors (Lipinski definition) is 1. The van der Waals surface area contributed by atoms with Crippen LogP contribution < -0.4 is 4.90 Å². The molecular formula is C48H30F2N6. The number of nitrogens with one attached hydrogen (secondary N) is 1. The smallest absolute Gasteiger partial charge is 0.302 e. The van der Waals surface area contributed by atoms with Gasteiger partial charge in [0.25, 0.3) is 0 Å². The summed E-state index contributed by atoms with van der Waals surface area (Å²) in [5.41, 5.74) is 9.96. The number of halogens is 2. The minimum absolute atomic E-state index is 0.0571. The zero-order valence-corrected chi connectivity index (χ0v) is 29.7. The highest BCUT2D eigenvalue weighted by molar-refractivity contribution is 6.17. The van der Waals surface area contributed by atoms with Crippen molar-refractivity contribution in [1.82, 2.24) is 24.5 Å². The number of fused-ring (bicyclic) bond motifs is 6. The molecular weight excluding hydrogens is 699 g/mol. The number of anilines is 3. The zero-order chi connectivity index (χ0) is 37.4. The van der Waals surface area contributed by atoms with E-state index >= 15 is 8.78 Å². The highest BCUT2D eigenvalue weighted by Gasteiger charge is 2.45. The van der Waals surface area contributed by atoms with Crippen molar-refractivity contribution < 1.29 is 8.78 Å². The van der Waals surface area contributed by atoms with Gasteiger partial charge in [0.05, 0.1) is 27.9 Å². The Kier molecular flexibility index (Phi) is 7.03. The fourth-order valence-electron chi connectivity index (χ4n) is 8.38. The molecule has 0 atom stereocenters. The topological polar surface area (TPSA) is 62.6 Å². The molecule has 0 unspecified atom stereocenters. The Morgan fingerprint density at radius 1 is 0.571 bits per heavy atom. The van der Waals surface area contributed by atoms with Crippen molar-refractivity contribution in [2.75, 3.05) is 4.90 Å². The lowest BCUT2D eigenvalue weighted by atomic mass is 9.89. The van der Waals surface area contributed by atoms with Gasteiger partial charge in [0, 0.05) is 62.8 Å². The molecule has 0 fully saturated rings. The number of nitrogens with zero attached hydrogens (tertiary/aromatic N) is 5. The van der Waals surface area contributed by atoms with Crippen molar-refractivity contribution in [1.29, 1.82) is 0 Å². The first kappa shape index (κ1) is 32.0. The maximum absolute atomic E-state index is 16.4. The van der Waals surface area contributed by atoms with Gasteiger partial charge in [-0.05, 0) is 89.5 Å². The number of alkyl halides is 2. The van der Waals surface area contributed by atoms with Gasteiger partial charge in [0.1, 0.15) is 11.6 Å². The predicted molar refractivity (Wildman–Crippen MR) is 220 cm³/mol. The number of para-hydroxylation sites is 4. The molecule has 0 radical (unpaired) electrons. The molecule has 1 N–H and O–H groups in total. The Labute approximate surface area is 320 Å². The molecule has 56 heavy (non-hydrogen) atoms. The monoisotopic (exact) mass is 728 g/mol. The zero-order valence-electron chi connectivity index (χ0n) is 29.7. The van der Waals surface area contributed by atoms with Crippen LogP contribution in [0.25, 0.3) is 72.2 Å². The van der Waals surface area contributed by atoms with Gasteiger partial charge in [0.2, 0.25) is 0 Å². The maximum atomic E-state index is 16.4. The van der Waals surface area contributed by atoms with Crippen molar-refractivity contribution in [3.63, 3.8) is 0 Å². The fraction of sp³-hybridized carbons (Fsp3) is 0.0208. The van der Waals surface area contributed by atoms with Gasteiger partial charge in [-0.15, -0.1) is 0 Å². The molecule has 4 aromatic heterocycles. The molecule has 10 aromatic rings. The average molecular weight is 729 g/mol. The number of rotatable bonds is 5. The summed E-state index contributed by atoms with van der Waals surface area (Å²) < 4.78 is 34.9. The molecule has 11 rings (SSSR count). The van der Waals surface area contributed by atoms with Crippen LogP contribution in [-0.2, 0) is 5.92 Å². The highest BCUT2D eigenvalue weighted by Crippen LogP contribution is 2.54. The van der Waals surface area contributed by atoms with E-state index in [1.165, 1.54) is 6.07 Å². The summed E-state index contributed by atoms with van der Waals surface area (Å²) in [5.74, 6) is -1.89. The van der Waals surface area contributed by atoms with Crippen molar-refractivity contribution in [2.45, 2.75) is 5.92 Å². The number of benzene rings is 6. The Morgan fingerprint density at radius 3 is 2.18 bits per heavy atom. The van der Waals surface area contributed by atoms with Crippen LogP contribution in [0.1, 0.15) is 11.1 Å². The van der Waals surface area contributed by atoms with Crippen LogP contribution in [0.5, 0.6) is 0 Å².